The van der Waals surface area contributed by atoms with Gasteiger partial charge in [-0.2, -0.15) is 0 Å². The Kier molecular flexibility index (Phi) is 4.84. The lowest BCUT2D eigenvalue weighted by atomic mass is 10.0. The van der Waals surface area contributed by atoms with Crippen molar-refractivity contribution in [3.63, 3.8) is 0 Å². The van der Waals surface area contributed by atoms with Gasteiger partial charge in [0, 0.05) is 49.8 Å². The first kappa shape index (κ1) is 15.6. The maximum atomic E-state index is 3.43. The Morgan fingerprint density at radius 1 is 1.14 bits per heavy atom. The molecule has 0 aliphatic carbocycles. The molecule has 2 heterocycles. The number of hydrogen-bond acceptors (Lipinski definition) is 2. The van der Waals surface area contributed by atoms with Gasteiger partial charge in [-0.25, -0.2) is 0 Å². The van der Waals surface area contributed by atoms with Gasteiger partial charge in [0.15, 0.2) is 0 Å². The van der Waals surface area contributed by atoms with Crippen molar-refractivity contribution < 1.29 is 0 Å². The SMILES string of the molecule is CCn1cc(CCCN2CCNCC2)c2c(C)cc(C)cc21. The van der Waals surface area contributed by atoms with Crippen LogP contribution in [0.1, 0.15) is 30.0 Å². The van der Waals surface area contributed by atoms with Crippen LogP contribution < -0.4 is 5.32 Å². The summed E-state index contributed by atoms with van der Waals surface area (Å²) in [4.78, 5) is 2.59. The van der Waals surface area contributed by atoms with Crippen LogP contribution in [0.2, 0.25) is 0 Å². The largest absolute Gasteiger partial charge is 0.347 e. The van der Waals surface area contributed by atoms with Crippen LogP contribution in [-0.4, -0.2) is 42.2 Å². The van der Waals surface area contributed by atoms with Gasteiger partial charge in [-0.15, -0.1) is 0 Å². The Morgan fingerprint density at radius 3 is 2.64 bits per heavy atom. The molecule has 0 radical (unpaired) electrons. The van der Waals surface area contributed by atoms with Crippen molar-refractivity contribution >= 4 is 10.9 Å². The van der Waals surface area contributed by atoms with Gasteiger partial charge in [-0.1, -0.05) is 6.07 Å². The van der Waals surface area contributed by atoms with Crippen LogP contribution in [0.25, 0.3) is 10.9 Å². The summed E-state index contributed by atoms with van der Waals surface area (Å²) >= 11 is 0. The molecule has 120 valence electrons. The molecule has 3 rings (SSSR count). The molecular formula is C19H29N3. The van der Waals surface area contributed by atoms with E-state index in [0.717, 1.165) is 19.6 Å². The molecular weight excluding hydrogens is 270 g/mol. The van der Waals surface area contributed by atoms with E-state index in [0.29, 0.717) is 0 Å². The van der Waals surface area contributed by atoms with Crippen LogP contribution in [0.5, 0.6) is 0 Å². The fourth-order valence-electron chi connectivity index (χ4n) is 3.79. The van der Waals surface area contributed by atoms with Crippen molar-refractivity contribution in [2.75, 3.05) is 32.7 Å². The molecule has 0 saturated carbocycles. The number of nitrogens with one attached hydrogen (secondary N) is 1. The topological polar surface area (TPSA) is 20.2 Å². The van der Waals surface area contributed by atoms with E-state index < -0.39 is 0 Å². The smallest absolute Gasteiger partial charge is 0.0488 e. The maximum Gasteiger partial charge on any atom is 0.0488 e. The predicted molar refractivity (Wildman–Crippen MR) is 94.7 cm³/mol. The number of piperazine rings is 1. The van der Waals surface area contributed by atoms with Crippen molar-refractivity contribution in [1.82, 2.24) is 14.8 Å². The van der Waals surface area contributed by atoms with Gasteiger partial charge in [0.1, 0.15) is 0 Å². The third-order valence-corrected chi connectivity index (χ3v) is 4.87. The Hall–Kier alpha value is -1.32. The fraction of sp³-hybridized carbons (Fsp3) is 0.579. The minimum absolute atomic E-state index is 1.05. The van der Waals surface area contributed by atoms with E-state index in [1.807, 2.05) is 0 Å². The zero-order chi connectivity index (χ0) is 15.5. The van der Waals surface area contributed by atoms with Crippen LogP contribution >= 0.6 is 0 Å². The maximum absolute atomic E-state index is 3.43. The van der Waals surface area contributed by atoms with Crippen LogP contribution in [0, 0.1) is 13.8 Å². The zero-order valence-corrected chi connectivity index (χ0v) is 14.3. The Bertz CT molecular complexity index is 636. The number of fused-ring (bicyclic) bond motifs is 1. The fourth-order valence-corrected chi connectivity index (χ4v) is 3.79. The van der Waals surface area contributed by atoms with Crippen molar-refractivity contribution in [2.45, 2.75) is 40.2 Å². The van der Waals surface area contributed by atoms with E-state index in [1.165, 1.54) is 60.1 Å². The van der Waals surface area contributed by atoms with Crippen LogP contribution in [0.3, 0.4) is 0 Å². The van der Waals surface area contributed by atoms with Crippen molar-refractivity contribution in [3.05, 3.63) is 35.0 Å². The van der Waals surface area contributed by atoms with Gasteiger partial charge in [0.05, 0.1) is 0 Å². The summed E-state index contributed by atoms with van der Waals surface area (Å²) < 4.78 is 2.41. The highest BCUT2D eigenvalue weighted by molar-refractivity contribution is 5.88. The number of rotatable bonds is 5. The molecule has 0 spiro atoms. The molecule has 1 aliphatic rings. The monoisotopic (exact) mass is 299 g/mol. The van der Waals surface area contributed by atoms with Crippen LogP contribution in [-0.2, 0) is 13.0 Å². The van der Waals surface area contributed by atoms with E-state index in [1.54, 1.807) is 0 Å². The van der Waals surface area contributed by atoms with E-state index in [-0.39, 0.29) is 0 Å². The molecule has 1 fully saturated rings. The summed E-state index contributed by atoms with van der Waals surface area (Å²) in [5.74, 6) is 0. The highest BCUT2D eigenvalue weighted by Crippen LogP contribution is 2.27. The first-order valence-electron chi connectivity index (χ1n) is 8.71. The molecule has 1 aliphatic heterocycles. The predicted octanol–water partition coefficient (Wildman–Crippen LogP) is 3.12. The molecule has 2 aromatic rings. The summed E-state index contributed by atoms with van der Waals surface area (Å²) in [6.07, 6.45) is 4.84. The van der Waals surface area contributed by atoms with Crippen LogP contribution in [0.15, 0.2) is 18.3 Å². The van der Waals surface area contributed by atoms with E-state index in [2.05, 4.69) is 53.9 Å². The van der Waals surface area contributed by atoms with Gasteiger partial charge in [0.25, 0.3) is 0 Å². The second-order valence-corrected chi connectivity index (χ2v) is 6.61. The molecule has 1 aromatic heterocycles. The van der Waals surface area contributed by atoms with Gasteiger partial charge in [-0.05, 0) is 62.9 Å². The standard InChI is InChI=1S/C19H29N3/c1-4-22-14-17(6-5-9-21-10-7-20-8-11-21)19-16(3)12-15(2)13-18(19)22/h12-14,20H,4-11H2,1-3H3. The summed E-state index contributed by atoms with van der Waals surface area (Å²) in [6.45, 7) is 13.7. The van der Waals surface area contributed by atoms with E-state index in [9.17, 15) is 0 Å². The third kappa shape index (κ3) is 3.21. The average molecular weight is 299 g/mol. The molecule has 0 unspecified atom stereocenters. The second-order valence-electron chi connectivity index (χ2n) is 6.61. The summed E-state index contributed by atoms with van der Waals surface area (Å²) in [6, 6.07) is 4.66. The minimum Gasteiger partial charge on any atom is -0.347 e. The minimum atomic E-state index is 1.05. The summed E-state index contributed by atoms with van der Waals surface area (Å²) in [5, 5.41) is 4.92. The van der Waals surface area contributed by atoms with E-state index >= 15 is 0 Å². The Labute approximate surface area is 134 Å². The van der Waals surface area contributed by atoms with Gasteiger partial charge >= 0.3 is 0 Å². The number of nitrogens with zero attached hydrogens (tertiary/aromatic N) is 2. The van der Waals surface area contributed by atoms with Crippen molar-refractivity contribution in [3.8, 4) is 0 Å². The Morgan fingerprint density at radius 2 is 1.91 bits per heavy atom. The molecule has 22 heavy (non-hydrogen) atoms. The third-order valence-electron chi connectivity index (χ3n) is 4.87. The lowest BCUT2D eigenvalue weighted by Crippen LogP contribution is -2.43. The van der Waals surface area contributed by atoms with Gasteiger partial charge in [-0.3, -0.25) is 0 Å². The van der Waals surface area contributed by atoms with Crippen molar-refractivity contribution in [2.24, 2.45) is 0 Å². The van der Waals surface area contributed by atoms with Gasteiger partial charge < -0.3 is 14.8 Å². The number of aromatic nitrogens is 1. The van der Waals surface area contributed by atoms with Crippen LogP contribution in [0.4, 0.5) is 0 Å². The molecule has 3 nitrogen and oxygen atoms in total. The summed E-state index contributed by atoms with van der Waals surface area (Å²) in [5.41, 5.74) is 5.74. The lowest BCUT2D eigenvalue weighted by Gasteiger charge is -2.27. The first-order chi connectivity index (χ1) is 10.7. The average Bonchev–Trinajstić information content (AvgIpc) is 2.86. The normalized spacial score (nSPS) is 16.5. The molecule has 0 bridgehead atoms. The number of hydrogen-bond donors (Lipinski definition) is 1. The molecule has 1 aromatic carbocycles. The number of aryl methyl sites for hydroxylation is 4. The second kappa shape index (κ2) is 6.84. The Balaban J connectivity index is 1.75. The lowest BCUT2D eigenvalue weighted by molar-refractivity contribution is 0.238. The van der Waals surface area contributed by atoms with Gasteiger partial charge in [0.2, 0.25) is 0 Å². The van der Waals surface area contributed by atoms with Crippen molar-refractivity contribution in [1.29, 1.82) is 0 Å². The molecule has 0 atom stereocenters. The molecule has 1 N–H and O–H groups in total. The molecule has 3 heteroatoms. The highest BCUT2D eigenvalue weighted by Gasteiger charge is 2.12. The highest BCUT2D eigenvalue weighted by atomic mass is 15.2. The summed E-state index contributed by atoms with van der Waals surface area (Å²) in [7, 11) is 0. The molecule has 1 saturated heterocycles. The number of benzene rings is 1. The zero-order valence-electron chi connectivity index (χ0n) is 14.3. The molecule has 0 amide bonds. The quantitative estimate of drug-likeness (QED) is 0.915. The first-order valence-corrected chi connectivity index (χ1v) is 8.71. The van der Waals surface area contributed by atoms with E-state index in [4.69, 9.17) is 0 Å².